The van der Waals surface area contributed by atoms with Gasteiger partial charge in [-0.05, 0) is 71.8 Å². The summed E-state index contributed by atoms with van der Waals surface area (Å²) in [7, 11) is 0. The van der Waals surface area contributed by atoms with Crippen LogP contribution in [0.5, 0.6) is 0 Å². The number of hydrogen-bond acceptors (Lipinski definition) is 5. The summed E-state index contributed by atoms with van der Waals surface area (Å²) in [5, 5.41) is 5.87. The van der Waals surface area contributed by atoms with E-state index in [0.717, 1.165) is 56.1 Å². The van der Waals surface area contributed by atoms with Crippen molar-refractivity contribution >= 4 is 23.8 Å². The minimum Gasteiger partial charge on any atom is -0.444 e. The molecule has 2 aliphatic carbocycles. The van der Waals surface area contributed by atoms with Crippen LogP contribution in [0.4, 0.5) is 4.79 Å². The predicted octanol–water partition coefficient (Wildman–Crippen LogP) is 4.02. The number of carbonyl (C=O) groups is 4. The van der Waals surface area contributed by atoms with Gasteiger partial charge in [-0.1, -0.05) is 49.1 Å². The first-order valence-corrected chi connectivity index (χ1v) is 13.9. The van der Waals surface area contributed by atoms with E-state index < -0.39 is 35.6 Å². The Morgan fingerprint density at radius 1 is 1.00 bits per heavy atom. The van der Waals surface area contributed by atoms with Gasteiger partial charge in [-0.25, -0.2) is 4.79 Å². The van der Waals surface area contributed by atoms with Crippen molar-refractivity contribution in [2.45, 2.75) is 122 Å². The number of nitrogens with zero attached hydrogens (tertiary/aromatic N) is 1. The lowest BCUT2D eigenvalue weighted by atomic mass is 9.87. The van der Waals surface area contributed by atoms with Crippen LogP contribution in [-0.4, -0.2) is 52.4 Å². The van der Waals surface area contributed by atoms with Gasteiger partial charge in [0.2, 0.25) is 17.7 Å². The fourth-order valence-electron chi connectivity index (χ4n) is 5.07. The maximum atomic E-state index is 14.2. The van der Waals surface area contributed by atoms with E-state index in [-0.39, 0.29) is 30.8 Å². The molecule has 3 rings (SSSR count). The molecule has 0 spiro atoms. The molecule has 0 bridgehead atoms. The Morgan fingerprint density at radius 3 is 2.16 bits per heavy atom. The molecular weight excluding hydrogens is 484 g/mol. The lowest BCUT2D eigenvalue weighted by molar-refractivity contribution is -0.148. The molecule has 2 unspecified atom stereocenters. The normalized spacial score (nSPS) is 18.0. The number of amides is 4. The van der Waals surface area contributed by atoms with Crippen LogP contribution < -0.4 is 16.4 Å². The van der Waals surface area contributed by atoms with E-state index in [2.05, 4.69) is 10.6 Å². The summed E-state index contributed by atoms with van der Waals surface area (Å²) >= 11 is 0. The Labute approximate surface area is 226 Å². The Kier molecular flexibility index (Phi) is 10.2. The lowest BCUT2D eigenvalue weighted by Gasteiger charge is -2.44. The first-order valence-electron chi connectivity index (χ1n) is 13.9. The SMILES string of the molecule is Cc1ccc(C(C(=O)NC2CCCCC2)N(C(=O)C(CCC(N)=O)NC(=O)OC(C)(C)C)C2CCC2)cc1. The third-order valence-corrected chi connectivity index (χ3v) is 7.26. The number of carbonyl (C=O) groups excluding carboxylic acids is 4. The first kappa shape index (κ1) is 29.5. The van der Waals surface area contributed by atoms with E-state index in [1.807, 2.05) is 31.2 Å². The van der Waals surface area contributed by atoms with E-state index in [9.17, 15) is 19.2 Å². The van der Waals surface area contributed by atoms with Crippen molar-refractivity contribution in [3.05, 3.63) is 35.4 Å². The van der Waals surface area contributed by atoms with Gasteiger partial charge in [0, 0.05) is 18.5 Å². The zero-order valence-electron chi connectivity index (χ0n) is 23.3. The maximum absolute atomic E-state index is 14.2. The first-order chi connectivity index (χ1) is 17.9. The topological polar surface area (TPSA) is 131 Å². The van der Waals surface area contributed by atoms with Crippen molar-refractivity contribution in [2.24, 2.45) is 5.73 Å². The van der Waals surface area contributed by atoms with Gasteiger partial charge >= 0.3 is 6.09 Å². The molecule has 0 aliphatic heterocycles. The highest BCUT2D eigenvalue weighted by atomic mass is 16.6. The zero-order valence-corrected chi connectivity index (χ0v) is 23.3. The molecule has 0 heterocycles. The summed E-state index contributed by atoms with van der Waals surface area (Å²) in [4.78, 5) is 54.0. The van der Waals surface area contributed by atoms with Crippen molar-refractivity contribution in [2.75, 3.05) is 0 Å². The average Bonchev–Trinajstić information content (AvgIpc) is 2.80. The van der Waals surface area contributed by atoms with Crippen LogP contribution in [0.1, 0.15) is 102 Å². The van der Waals surface area contributed by atoms with Gasteiger partial charge in [0.1, 0.15) is 17.7 Å². The molecule has 2 aliphatic rings. The van der Waals surface area contributed by atoms with Crippen molar-refractivity contribution in [1.82, 2.24) is 15.5 Å². The summed E-state index contributed by atoms with van der Waals surface area (Å²) in [5.41, 5.74) is 6.39. The van der Waals surface area contributed by atoms with Crippen LogP contribution in [0.3, 0.4) is 0 Å². The van der Waals surface area contributed by atoms with Crippen LogP contribution in [0, 0.1) is 6.92 Å². The van der Waals surface area contributed by atoms with Crippen LogP contribution in [-0.2, 0) is 19.1 Å². The van der Waals surface area contributed by atoms with Crippen molar-refractivity contribution in [3.8, 4) is 0 Å². The highest BCUT2D eigenvalue weighted by Gasteiger charge is 2.42. The minimum atomic E-state index is -1.06. The van der Waals surface area contributed by atoms with Gasteiger partial charge in [0.25, 0.3) is 0 Å². The van der Waals surface area contributed by atoms with Crippen molar-refractivity contribution < 1.29 is 23.9 Å². The van der Waals surface area contributed by atoms with Gasteiger partial charge in [0.05, 0.1) is 0 Å². The molecular formula is C29H44N4O5. The second kappa shape index (κ2) is 13.1. The van der Waals surface area contributed by atoms with Gasteiger partial charge < -0.3 is 26.0 Å². The number of ether oxygens (including phenoxy) is 1. The molecule has 4 amide bonds. The summed E-state index contributed by atoms with van der Waals surface area (Å²) in [5.74, 6) is -1.20. The summed E-state index contributed by atoms with van der Waals surface area (Å²) < 4.78 is 5.40. The molecule has 0 aromatic heterocycles. The summed E-state index contributed by atoms with van der Waals surface area (Å²) in [6, 6.07) is 5.65. The monoisotopic (exact) mass is 528 g/mol. The fraction of sp³-hybridized carbons (Fsp3) is 0.655. The van der Waals surface area contributed by atoms with Crippen LogP contribution in [0.2, 0.25) is 0 Å². The van der Waals surface area contributed by atoms with Gasteiger partial charge in [0.15, 0.2) is 0 Å². The van der Waals surface area contributed by atoms with E-state index in [1.54, 1.807) is 25.7 Å². The van der Waals surface area contributed by atoms with E-state index in [4.69, 9.17) is 10.5 Å². The number of nitrogens with one attached hydrogen (secondary N) is 2. The molecule has 1 aromatic rings. The average molecular weight is 529 g/mol. The predicted molar refractivity (Wildman–Crippen MR) is 145 cm³/mol. The maximum Gasteiger partial charge on any atom is 0.408 e. The Morgan fingerprint density at radius 2 is 1.63 bits per heavy atom. The number of aryl methyl sites for hydroxylation is 1. The largest absolute Gasteiger partial charge is 0.444 e. The second-order valence-electron chi connectivity index (χ2n) is 11.7. The third kappa shape index (κ3) is 8.46. The molecule has 210 valence electrons. The molecule has 2 atom stereocenters. The standard InChI is InChI=1S/C29H44N4O5/c1-19-13-15-20(16-14-19)25(26(35)31-21-9-6-5-7-10-21)33(22-11-8-12-22)27(36)23(17-18-24(30)34)32-28(37)38-29(2,3)4/h13-16,21-23,25H,5-12,17-18H2,1-4H3,(H2,30,34)(H,31,35)(H,32,37). The van der Waals surface area contributed by atoms with Gasteiger partial charge in [-0.2, -0.15) is 0 Å². The summed E-state index contributed by atoms with van der Waals surface area (Å²) in [6.45, 7) is 7.17. The number of alkyl carbamates (subject to hydrolysis) is 1. The number of hydrogen-bond donors (Lipinski definition) is 3. The highest BCUT2D eigenvalue weighted by Crippen LogP contribution is 2.34. The van der Waals surface area contributed by atoms with E-state index >= 15 is 0 Å². The molecule has 38 heavy (non-hydrogen) atoms. The molecule has 2 saturated carbocycles. The summed E-state index contributed by atoms with van der Waals surface area (Å²) in [6.07, 6.45) is 6.79. The number of nitrogens with two attached hydrogens (primary N) is 1. The van der Waals surface area contributed by atoms with Gasteiger partial charge in [-0.3, -0.25) is 14.4 Å². The minimum absolute atomic E-state index is 0.0154. The molecule has 0 saturated heterocycles. The lowest BCUT2D eigenvalue weighted by Crippen LogP contribution is -2.58. The molecule has 9 nitrogen and oxygen atoms in total. The van der Waals surface area contributed by atoms with Crippen LogP contribution in [0.15, 0.2) is 24.3 Å². The molecule has 9 heteroatoms. The Bertz CT molecular complexity index is 978. The quantitative estimate of drug-likeness (QED) is 0.422. The van der Waals surface area contributed by atoms with Crippen LogP contribution >= 0.6 is 0 Å². The smallest absolute Gasteiger partial charge is 0.408 e. The second-order valence-corrected chi connectivity index (χ2v) is 11.7. The number of rotatable bonds is 10. The molecule has 4 N–H and O–H groups in total. The van der Waals surface area contributed by atoms with Crippen LogP contribution in [0.25, 0.3) is 0 Å². The molecule has 0 radical (unpaired) electrons. The van der Waals surface area contributed by atoms with Crippen molar-refractivity contribution in [3.63, 3.8) is 0 Å². The third-order valence-electron chi connectivity index (χ3n) is 7.26. The van der Waals surface area contributed by atoms with E-state index in [0.29, 0.717) is 0 Å². The molecule has 1 aromatic carbocycles. The zero-order chi connectivity index (χ0) is 27.9. The van der Waals surface area contributed by atoms with Gasteiger partial charge in [-0.15, -0.1) is 0 Å². The van der Waals surface area contributed by atoms with Crippen molar-refractivity contribution in [1.29, 1.82) is 0 Å². The molecule has 2 fully saturated rings. The Hall–Kier alpha value is -3.10. The van der Waals surface area contributed by atoms with E-state index in [1.165, 1.54) is 6.42 Å². The highest BCUT2D eigenvalue weighted by molar-refractivity contribution is 5.93. The fourth-order valence-corrected chi connectivity index (χ4v) is 5.07. The Balaban J connectivity index is 1.95. The number of benzene rings is 1. The number of primary amides is 1.